The van der Waals surface area contributed by atoms with Gasteiger partial charge in [0.15, 0.2) is 11.5 Å². The van der Waals surface area contributed by atoms with E-state index in [9.17, 15) is 5.11 Å². The Morgan fingerprint density at radius 2 is 2.00 bits per heavy atom. The summed E-state index contributed by atoms with van der Waals surface area (Å²) in [4.78, 5) is 0. The molecule has 106 valence electrons. The minimum Gasteiger partial charge on any atom is -0.504 e. The maximum atomic E-state index is 10.0. The molecule has 0 spiro atoms. The van der Waals surface area contributed by atoms with Gasteiger partial charge in [-0.2, -0.15) is 0 Å². The van der Waals surface area contributed by atoms with Crippen molar-refractivity contribution in [2.75, 3.05) is 7.11 Å². The Hall–Kier alpha value is -1.22. The Morgan fingerprint density at radius 3 is 2.63 bits per heavy atom. The van der Waals surface area contributed by atoms with Crippen LogP contribution in [0.2, 0.25) is 0 Å². The van der Waals surface area contributed by atoms with E-state index in [1.165, 1.54) is 25.7 Å². The lowest BCUT2D eigenvalue weighted by Crippen LogP contribution is -2.35. The van der Waals surface area contributed by atoms with Crippen molar-refractivity contribution in [1.29, 1.82) is 0 Å². The van der Waals surface area contributed by atoms with E-state index in [1.807, 2.05) is 12.1 Å². The SMILES string of the molecule is COc1cccc(CNC2CCC(C)(C)CC2)c1O. The highest BCUT2D eigenvalue weighted by Gasteiger charge is 2.26. The highest BCUT2D eigenvalue weighted by molar-refractivity contribution is 5.45. The molecule has 2 N–H and O–H groups in total. The Balaban J connectivity index is 1.89. The number of hydrogen-bond acceptors (Lipinski definition) is 3. The maximum Gasteiger partial charge on any atom is 0.162 e. The van der Waals surface area contributed by atoms with Crippen LogP contribution in [0.3, 0.4) is 0 Å². The van der Waals surface area contributed by atoms with Crippen molar-refractivity contribution in [2.45, 2.75) is 52.1 Å². The van der Waals surface area contributed by atoms with Crippen LogP contribution in [0.1, 0.15) is 45.1 Å². The van der Waals surface area contributed by atoms with Crippen LogP contribution in [0, 0.1) is 5.41 Å². The normalized spacial score (nSPS) is 19.3. The minimum atomic E-state index is 0.258. The molecule has 0 radical (unpaired) electrons. The van der Waals surface area contributed by atoms with Crippen LogP contribution in [0.4, 0.5) is 0 Å². The second-order valence-corrected chi connectivity index (χ2v) is 6.29. The predicted molar refractivity (Wildman–Crippen MR) is 77.5 cm³/mol. The van der Waals surface area contributed by atoms with Crippen molar-refractivity contribution in [3.63, 3.8) is 0 Å². The fourth-order valence-corrected chi connectivity index (χ4v) is 2.73. The first kappa shape index (κ1) is 14.2. The van der Waals surface area contributed by atoms with E-state index < -0.39 is 0 Å². The van der Waals surface area contributed by atoms with Crippen LogP contribution >= 0.6 is 0 Å². The van der Waals surface area contributed by atoms with Gasteiger partial charge in [-0.05, 0) is 37.2 Å². The van der Waals surface area contributed by atoms with Crippen molar-refractivity contribution < 1.29 is 9.84 Å². The van der Waals surface area contributed by atoms with Gasteiger partial charge in [-0.3, -0.25) is 0 Å². The Morgan fingerprint density at radius 1 is 1.32 bits per heavy atom. The molecular formula is C16H25NO2. The molecule has 1 aliphatic rings. The van der Waals surface area contributed by atoms with Gasteiger partial charge in [0.05, 0.1) is 7.11 Å². The molecule has 1 aromatic carbocycles. The molecule has 0 heterocycles. The van der Waals surface area contributed by atoms with Crippen molar-refractivity contribution in [3.05, 3.63) is 23.8 Å². The van der Waals surface area contributed by atoms with Gasteiger partial charge in [0.1, 0.15) is 0 Å². The molecule has 0 unspecified atom stereocenters. The number of nitrogens with one attached hydrogen (secondary N) is 1. The van der Waals surface area contributed by atoms with Crippen LogP contribution in [-0.2, 0) is 6.54 Å². The third-order valence-electron chi connectivity index (χ3n) is 4.22. The molecule has 0 saturated heterocycles. The van der Waals surface area contributed by atoms with Crippen LogP contribution in [-0.4, -0.2) is 18.3 Å². The number of phenols is 1. The van der Waals surface area contributed by atoms with Gasteiger partial charge in [0.2, 0.25) is 0 Å². The summed E-state index contributed by atoms with van der Waals surface area (Å²) in [5.41, 5.74) is 1.40. The molecular weight excluding hydrogens is 238 g/mol. The van der Waals surface area contributed by atoms with E-state index in [0.29, 0.717) is 23.8 Å². The topological polar surface area (TPSA) is 41.5 Å². The highest BCUT2D eigenvalue weighted by Crippen LogP contribution is 2.35. The van der Waals surface area contributed by atoms with Crippen LogP contribution in [0.15, 0.2) is 18.2 Å². The van der Waals surface area contributed by atoms with Crippen LogP contribution < -0.4 is 10.1 Å². The zero-order valence-electron chi connectivity index (χ0n) is 12.2. The summed E-state index contributed by atoms with van der Waals surface area (Å²) in [6.07, 6.45) is 4.99. The highest BCUT2D eigenvalue weighted by atomic mass is 16.5. The molecule has 0 aromatic heterocycles. The molecule has 1 aliphatic carbocycles. The number of rotatable bonds is 4. The molecule has 0 aliphatic heterocycles. The summed E-state index contributed by atoms with van der Waals surface area (Å²) < 4.78 is 5.13. The molecule has 1 fully saturated rings. The lowest BCUT2D eigenvalue weighted by atomic mass is 9.75. The van der Waals surface area contributed by atoms with E-state index in [0.717, 1.165) is 5.56 Å². The van der Waals surface area contributed by atoms with E-state index in [-0.39, 0.29) is 5.75 Å². The first-order chi connectivity index (χ1) is 9.02. The molecule has 0 amide bonds. The first-order valence-corrected chi connectivity index (χ1v) is 7.10. The number of phenolic OH excluding ortho intramolecular Hbond substituents is 1. The van der Waals surface area contributed by atoms with Crippen LogP contribution in [0.25, 0.3) is 0 Å². The Labute approximate surface area is 116 Å². The van der Waals surface area contributed by atoms with E-state index in [4.69, 9.17) is 4.74 Å². The number of hydrogen-bond donors (Lipinski definition) is 2. The molecule has 1 aromatic rings. The third-order valence-corrected chi connectivity index (χ3v) is 4.22. The number of methoxy groups -OCH3 is 1. The average Bonchev–Trinajstić information content (AvgIpc) is 2.39. The van der Waals surface area contributed by atoms with E-state index >= 15 is 0 Å². The number of para-hydroxylation sites is 1. The third kappa shape index (κ3) is 3.63. The van der Waals surface area contributed by atoms with Crippen molar-refractivity contribution in [2.24, 2.45) is 5.41 Å². The van der Waals surface area contributed by atoms with E-state index in [1.54, 1.807) is 13.2 Å². The Bertz CT molecular complexity index is 419. The lowest BCUT2D eigenvalue weighted by Gasteiger charge is -2.34. The molecule has 0 bridgehead atoms. The predicted octanol–water partition coefficient (Wildman–Crippen LogP) is 3.46. The summed E-state index contributed by atoms with van der Waals surface area (Å²) in [5, 5.41) is 13.6. The van der Waals surface area contributed by atoms with E-state index in [2.05, 4.69) is 19.2 Å². The molecule has 1 saturated carbocycles. The summed E-state index contributed by atoms with van der Waals surface area (Å²) in [6, 6.07) is 6.21. The van der Waals surface area contributed by atoms with Gasteiger partial charge in [-0.1, -0.05) is 26.0 Å². The van der Waals surface area contributed by atoms with Crippen molar-refractivity contribution >= 4 is 0 Å². The summed E-state index contributed by atoms with van der Waals surface area (Å²) >= 11 is 0. The molecule has 3 nitrogen and oxygen atoms in total. The second kappa shape index (κ2) is 5.83. The van der Waals surface area contributed by atoms with Gasteiger partial charge in [0, 0.05) is 18.2 Å². The fraction of sp³-hybridized carbons (Fsp3) is 0.625. The standard InChI is InChI=1S/C16H25NO2/c1-16(2)9-7-13(8-10-16)17-11-12-5-4-6-14(19-3)15(12)18/h4-6,13,17-18H,7-11H2,1-3H3. The number of benzene rings is 1. The smallest absolute Gasteiger partial charge is 0.162 e. The van der Waals surface area contributed by atoms with Gasteiger partial charge in [-0.15, -0.1) is 0 Å². The zero-order chi connectivity index (χ0) is 13.9. The zero-order valence-corrected chi connectivity index (χ0v) is 12.2. The quantitative estimate of drug-likeness (QED) is 0.874. The fourth-order valence-electron chi connectivity index (χ4n) is 2.73. The van der Waals surface area contributed by atoms with Gasteiger partial charge in [-0.25, -0.2) is 0 Å². The molecule has 19 heavy (non-hydrogen) atoms. The van der Waals surface area contributed by atoms with Crippen LogP contribution in [0.5, 0.6) is 11.5 Å². The minimum absolute atomic E-state index is 0.258. The first-order valence-electron chi connectivity index (χ1n) is 7.10. The maximum absolute atomic E-state index is 10.0. The summed E-state index contributed by atoms with van der Waals surface area (Å²) in [7, 11) is 1.58. The van der Waals surface area contributed by atoms with Crippen molar-refractivity contribution in [3.8, 4) is 11.5 Å². The number of ether oxygens (including phenoxy) is 1. The second-order valence-electron chi connectivity index (χ2n) is 6.29. The van der Waals surface area contributed by atoms with Gasteiger partial charge < -0.3 is 15.2 Å². The lowest BCUT2D eigenvalue weighted by molar-refractivity contribution is 0.205. The Kier molecular flexibility index (Phi) is 4.35. The van der Waals surface area contributed by atoms with Gasteiger partial charge in [0.25, 0.3) is 0 Å². The van der Waals surface area contributed by atoms with Crippen molar-refractivity contribution in [1.82, 2.24) is 5.32 Å². The monoisotopic (exact) mass is 263 g/mol. The molecule has 3 heteroatoms. The number of aromatic hydroxyl groups is 1. The molecule has 2 rings (SSSR count). The largest absolute Gasteiger partial charge is 0.504 e. The summed E-state index contributed by atoms with van der Waals surface area (Å²) in [5.74, 6) is 0.803. The summed E-state index contributed by atoms with van der Waals surface area (Å²) in [6.45, 7) is 5.39. The molecule has 0 atom stereocenters. The average molecular weight is 263 g/mol. The van der Waals surface area contributed by atoms with Gasteiger partial charge >= 0.3 is 0 Å².